The monoisotopic (exact) mass is 292 g/mol. The number of nitrogens with one attached hydrogen (secondary N) is 2. The fraction of sp³-hybridized carbons (Fsp3) is 0.429. The fourth-order valence-electron chi connectivity index (χ4n) is 1.93. The highest BCUT2D eigenvalue weighted by Gasteiger charge is 2.11. The van der Waals surface area contributed by atoms with Gasteiger partial charge < -0.3 is 20.2 Å². The van der Waals surface area contributed by atoms with Crippen molar-refractivity contribution in [2.45, 2.75) is 26.4 Å². The molecule has 0 aromatic carbocycles. The molecule has 2 aromatic heterocycles. The third-order valence-corrected chi connectivity index (χ3v) is 2.94. The lowest BCUT2D eigenvalue weighted by Gasteiger charge is -2.10. The molecular formula is C14H20N4O3. The Hall–Kier alpha value is -2.28. The molecule has 2 aromatic rings. The van der Waals surface area contributed by atoms with Gasteiger partial charge in [0.15, 0.2) is 0 Å². The van der Waals surface area contributed by atoms with Crippen molar-refractivity contribution in [1.82, 2.24) is 15.1 Å². The Kier molecular flexibility index (Phi) is 4.99. The van der Waals surface area contributed by atoms with E-state index >= 15 is 0 Å². The summed E-state index contributed by atoms with van der Waals surface area (Å²) >= 11 is 0. The van der Waals surface area contributed by atoms with Crippen molar-refractivity contribution >= 4 is 11.6 Å². The number of carbonyl (C=O) groups is 1. The van der Waals surface area contributed by atoms with Crippen LogP contribution in [0.3, 0.4) is 0 Å². The zero-order valence-electron chi connectivity index (χ0n) is 12.2. The van der Waals surface area contributed by atoms with Crippen molar-refractivity contribution in [3.05, 3.63) is 36.0 Å². The highest BCUT2D eigenvalue weighted by Crippen LogP contribution is 2.20. The number of furan rings is 1. The van der Waals surface area contributed by atoms with E-state index in [0.717, 1.165) is 17.2 Å². The zero-order chi connectivity index (χ0) is 15.2. The summed E-state index contributed by atoms with van der Waals surface area (Å²) in [6.45, 7) is 4.19. The molecular weight excluding hydrogens is 272 g/mol. The molecule has 0 radical (unpaired) electrons. The van der Waals surface area contributed by atoms with E-state index < -0.39 is 0 Å². The maximum absolute atomic E-state index is 11.5. The van der Waals surface area contributed by atoms with E-state index in [-0.39, 0.29) is 31.6 Å². The number of aryl methyl sites for hydroxylation is 1. The van der Waals surface area contributed by atoms with Crippen molar-refractivity contribution in [2.24, 2.45) is 0 Å². The van der Waals surface area contributed by atoms with Gasteiger partial charge in [0.25, 0.3) is 0 Å². The van der Waals surface area contributed by atoms with E-state index in [1.807, 2.05) is 26.0 Å². The Balaban J connectivity index is 1.89. The normalized spacial score (nSPS) is 12.1. The second kappa shape index (κ2) is 6.94. The van der Waals surface area contributed by atoms with Crippen molar-refractivity contribution < 1.29 is 14.3 Å². The maximum Gasteiger partial charge on any atom is 0.241 e. The number of anilines is 1. The van der Waals surface area contributed by atoms with E-state index in [1.54, 1.807) is 12.4 Å². The molecule has 0 bridgehead atoms. The average molecular weight is 292 g/mol. The molecule has 114 valence electrons. The molecule has 0 fully saturated rings. The predicted octanol–water partition coefficient (Wildman–Crippen LogP) is 1.07. The van der Waals surface area contributed by atoms with Gasteiger partial charge in [-0.05, 0) is 26.0 Å². The number of aliphatic hydroxyl groups excluding tert-OH is 1. The minimum atomic E-state index is -0.187. The first-order valence-corrected chi connectivity index (χ1v) is 6.81. The van der Waals surface area contributed by atoms with Crippen LogP contribution in [-0.2, 0) is 11.3 Å². The molecule has 7 nitrogen and oxygen atoms in total. The first-order valence-electron chi connectivity index (χ1n) is 6.81. The van der Waals surface area contributed by atoms with Crippen LogP contribution in [0.15, 0.2) is 28.9 Å². The molecule has 3 N–H and O–H groups in total. The summed E-state index contributed by atoms with van der Waals surface area (Å²) in [6.07, 6.45) is 3.41. The van der Waals surface area contributed by atoms with Gasteiger partial charge in [0.1, 0.15) is 18.1 Å². The molecule has 0 spiro atoms. The summed E-state index contributed by atoms with van der Waals surface area (Å²) in [7, 11) is 0. The first-order chi connectivity index (χ1) is 10.1. The molecule has 0 aliphatic rings. The summed E-state index contributed by atoms with van der Waals surface area (Å²) in [6, 6.07) is 3.86. The van der Waals surface area contributed by atoms with Gasteiger partial charge in [0.2, 0.25) is 5.91 Å². The largest absolute Gasteiger partial charge is 0.464 e. The van der Waals surface area contributed by atoms with Gasteiger partial charge in [0.05, 0.1) is 24.5 Å². The third kappa shape index (κ3) is 4.35. The van der Waals surface area contributed by atoms with Crippen LogP contribution < -0.4 is 10.6 Å². The number of nitrogens with zero attached hydrogens (tertiary/aromatic N) is 2. The summed E-state index contributed by atoms with van der Waals surface area (Å²) in [5, 5.41) is 18.6. The zero-order valence-corrected chi connectivity index (χ0v) is 12.2. The Morgan fingerprint density at radius 3 is 3.00 bits per heavy atom. The lowest BCUT2D eigenvalue weighted by molar-refractivity contribution is -0.122. The Morgan fingerprint density at radius 1 is 1.52 bits per heavy atom. The summed E-state index contributed by atoms with van der Waals surface area (Å²) in [5.41, 5.74) is 0.812. The standard InChI is InChI=1S/C14H20N4O3/c1-10-3-4-13(21-10)11(2)17-12-7-16-18(8-12)9-14(20)15-5-6-19/h3-4,7-8,11,17,19H,5-6,9H2,1-2H3,(H,15,20). The molecule has 0 saturated heterocycles. The van der Waals surface area contributed by atoms with Crippen molar-refractivity contribution in [1.29, 1.82) is 0 Å². The van der Waals surface area contributed by atoms with Gasteiger partial charge in [-0.15, -0.1) is 0 Å². The highest BCUT2D eigenvalue weighted by atomic mass is 16.3. The minimum Gasteiger partial charge on any atom is -0.464 e. The Morgan fingerprint density at radius 2 is 2.33 bits per heavy atom. The highest BCUT2D eigenvalue weighted by molar-refractivity contribution is 5.75. The van der Waals surface area contributed by atoms with E-state index in [0.29, 0.717) is 0 Å². The molecule has 1 amide bonds. The number of carbonyl (C=O) groups excluding carboxylic acids is 1. The second-order valence-corrected chi connectivity index (χ2v) is 4.81. The molecule has 2 rings (SSSR count). The number of hydrogen-bond donors (Lipinski definition) is 3. The number of rotatable bonds is 7. The number of amides is 1. The van der Waals surface area contributed by atoms with Crippen molar-refractivity contribution in [2.75, 3.05) is 18.5 Å². The van der Waals surface area contributed by atoms with Crippen LogP contribution in [0.1, 0.15) is 24.5 Å². The summed E-state index contributed by atoms with van der Waals surface area (Å²) < 4.78 is 7.09. The van der Waals surface area contributed by atoms with Crippen LogP contribution >= 0.6 is 0 Å². The Labute approximate surface area is 123 Å². The van der Waals surface area contributed by atoms with Gasteiger partial charge in [-0.25, -0.2) is 0 Å². The molecule has 1 unspecified atom stereocenters. The molecule has 21 heavy (non-hydrogen) atoms. The smallest absolute Gasteiger partial charge is 0.241 e. The molecule has 0 aliphatic heterocycles. The molecule has 7 heteroatoms. The molecule has 0 saturated carbocycles. The first kappa shape index (κ1) is 15.1. The van der Waals surface area contributed by atoms with Crippen LogP contribution in [0.4, 0.5) is 5.69 Å². The maximum atomic E-state index is 11.5. The number of aliphatic hydroxyl groups is 1. The predicted molar refractivity (Wildman–Crippen MR) is 77.8 cm³/mol. The van der Waals surface area contributed by atoms with Crippen LogP contribution in [-0.4, -0.2) is 33.9 Å². The molecule has 2 heterocycles. The number of aromatic nitrogens is 2. The Bertz CT molecular complexity index is 591. The van der Waals surface area contributed by atoms with Gasteiger partial charge in [-0.3, -0.25) is 9.48 Å². The van der Waals surface area contributed by atoms with Crippen LogP contribution in [0, 0.1) is 6.92 Å². The topological polar surface area (TPSA) is 92.3 Å². The second-order valence-electron chi connectivity index (χ2n) is 4.81. The van der Waals surface area contributed by atoms with Gasteiger partial charge in [-0.1, -0.05) is 0 Å². The van der Waals surface area contributed by atoms with Gasteiger partial charge in [-0.2, -0.15) is 5.10 Å². The van der Waals surface area contributed by atoms with Crippen molar-refractivity contribution in [3.63, 3.8) is 0 Å². The lowest BCUT2D eigenvalue weighted by Crippen LogP contribution is -2.30. The van der Waals surface area contributed by atoms with E-state index in [9.17, 15) is 4.79 Å². The molecule has 0 aliphatic carbocycles. The fourth-order valence-corrected chi connectivity index (χ4v) is 1.93. The lowest BCUT2D eigenvalue weighted by atomic mass is 10.2. The number of hydrogen-bond acceptors (Lipinski definition) is 5. The average Bonchev–Trinajstić information content (AvgIpc) is 3.06. The summed E-state index contributed by atoms with van der Waals surface area (Å²) in [5.74, 6) is 1.53. The SMILES string of the molecule is Cc1ccc(C(C)Nc2cnn(CC(=O)NCCO)c2)o1. The van der Waals surface area contributed by atoms with E-state index in [1.165, 1.54) is 4.68 Å². The quantitative estimate of drug-likeness (QED) is 0.710. The minimum absolute atomic E-state index is 0.0135. The molecule has 1 atom stereocenters. The van der Waals surface area contributed by atoms with E-state index in [2.05, 4.69) is 15.7 Å². The van der Waals surface area contributed by atoms with Crippen LogP contribution in [0.2, 0.25) is 0 Å². The van der Waals surface area contributed by atoms with Crippen LogP contribution in [0.5, 0.6) is 0 Å². The van der Waals surface area contributed by atoms with Crippen molar-refractivity contribution in [3.8, 4) is 0 Å². The van der Waals surface area contributed by atoms with E-state index in [4.69, 9.17) is 9.52 Å². The van der Waals surface area contributed by atoms with Gasteiger partial charge >= 0.3 is 0 Å². The van der Waals surface area contributed by atoms with Crippen LogP contribution in [0.25, 0.3) is 0 Å². The third-order valence-electron chi connectivity index (χ3n) is 2.94. The van der Waals surface area contributed by atoms with Gasteiger partial charge in [0, 0.05) is 12.7 Å². The summed E-state index contributed by atoms with van der Waals surface area (Å²) in [4.78, 5) is 11.5.